The first kappa shape index (κ1) is 15.8. The van der Waals surface area contributed by atoms with Gasteiger partial charge in [-0.2, -0.15) is 0 Å². The lowest BCUT2D eigenvalue weighted by Gasteiger charge is -2.07. The van der Waals surface area contributed by atoms with E-state index in [1.165, 1.54) is 19.3 Å². The van der Waals surface area contributed by atoms with Crippen LogP contribution in [0.25, 0.3) is 0 Å². The highest BCUT2D eigenvalue weighted by molar-refractivity contribution is 6.30. The second-order valence-electron chi connectivity index (χ2n) is 4.46. The smallest absolute Gasteiger partial charge is 0.223 e. The zero-order valence-electron chi connectivity index (χ0n) is 11.5. The number of unbranched alkanes of at least 4 members (excludes halogenated alkanes) is 3. The van der Waals surface area contributed by atoms with Crippen LogP contribution in [0.3, 0.4) is 0 Å². The fourth-order valence-corrected chi connectivity index (χ4v) is 1.79. The summed E-state index contributed by atoms with van der Waals surface area (Å²) in [5, 5.41) is 3.57. The predicted octanol–water partition coefficient (Wildman–Crippen LogP) is 3.81. The molecule has 19 heavy (non-hydrogen) atoms. The topological polar surface area (TPSA) is 38.3 Å². The largest absolute Gasteiger partial charge is 0.493 e. The van der Waals surface area contributed by atoms with Crippen molar-refractivity contribution in [3.63, 3.8) is 0 Å². The summed E-state index contributed by atoms with van der Waals surface area (Å²) < 4.78 is 5.46. The summed E-state index contributed by atoms with van der Waals surface area (Å²) in [6.45, 7) is 3.33. The molecule has 0 radical (unpaired) electrons. The molecular formula is C15H22ClNO2. The third-order valence-corrected chi connectivity index (χ3v) is 3.02. The van der Waals surface area contributed by atoms with Crippen molar-refractivity contribution >= 4 is 17.5 Å². The second-order valence-corrected chi connectivity index (χ2v) is 4.90. The average Bonchev–Trinajstić information content (AvgIpc) is 2.41. The lowest BCUT2D eigenvalue weighted by molar-refractivity contribution is -0.121. The number of hydrogen-bond acceptors (Lipinski definition) is 2. The van der Waals surface area contributed by atoms with Crippen LogP contribution in [0, 0.1) is 0 Å². The van der Waals surface area contributed by atoms with Crippen molar-refractivity contribution < 1.29 is 9.53 Å². The van der Waals surface area contributed by atoms with E-state index in [2.05, 4.69) is 12.2 Å². The molecule has 1 aromatic carbocycles. The van der Waals surface area contributed by atoms with Gasteiger partial charge in [-0.15, -0.1) is 0 Å². The molecule has 0 saturated carbocycles. The van der Waals surface area contributed by atoms with Gasteiger partial charge in [0.05, 0.1) is 13.0 Å². The fraction of sp³-hybridized carbons (Fsp3) is 0.533. The Morgan fingerprint density at radius 1 is 1.21 bits per heavy atom. The number of nitrogens with one attached hydrogen (secondary N) is 1. The Labute approximate surface area is 120 Å². The highest BCUT2D eigenvalue weighted by Gasteiger charge is 2.01. The molecule has 1 N–H and O–H groups in total. The lowest BCUT2D eigenvalue weighted by Crippen LogP contribution is -2.25. The number of hydrogen-bond donors (Lipinski definition) is 1. The zero-order valence-corrected chi connectivity index (χ0v) is 12.2. The van der Waals surface area contributed by atoms with Crippen LogP contribution in [0.4, 0.5) is 0 Å². The minimum Gasteiger partial charge on any atom is -0.493 e. The molecule has 0 fully saturated rings. The Kier molecular flexibility index (Phi) is 8.07. The maximum Gasteiger partial charge on any atom is 0.223 e. The number of rotatable bonds is 9. The summed E-state index contributed by atoms with van der Waals surface area (Å²) >= 11 is 5.77. The molecule has 1 amide bonds. The fourth-order valence-electron chi connectivity index (χ4n) is 1.66. The summed E-state index contributed by atoms with van der Waals surface area (Å²) in [5.41, 5.74) is 0. The van der Waals surface area contributed by atoms with E-state index >= 15 is 0 Å². The van der Waals surface area contributed by atoms with Crippen molar-refractivity contribution in [2.24, 2.45) is 0 Å². The third-order valence-electron chi connectivity index (χ3n) is 2.76. The summed E-state index contributed by atoms with van der Waals surface area (Å²) in [5.74, 6) is 0.783. The molecule has 0 saturated heterocycles. The monoisotopic (exact) mass is 283 g/mol. The first-order chi connectivity index (χ1) is 9.22. The number of carbonyl (C=O) groups is 1. The molecule has 0 aliphatic heterocycles. The number of halogens is 1. The number of ether oxygens (including phenoxy) is 1. The molecule has 0 aliphatic rings. The third kappa shape index (κ3) is 7.73. The molecule has 0 unspecified atom stereocenters. The Morgan fingerprint density at radius 2 is 1.95 bits per heavy atom. The van der Waals surface area contributed by atoms with Gasteiger partial charge in [-0.05, 0) is 30.7 Å². The molecule has 0 atom stereocenters. The molecule has 0 aromatic heterocycles. The van der Waals surface area contributed by atoms with Crippen molar-refractivity contribution in [3.05, 3.63) is 29.3 Å². The van der Waals surface area contributed by atoms with Gasteiger partial charge >= 0.3 is 0 Å². The van der Waals surface area contributed by atoms with E-state index in [9.17, 15) is 4.79 Å². The first-order valence-corrected chi connectivity index (χ1v) is 7.25. The van der Waals surface area contributed by atoms with Gasteiger partial charge in [0.15, 0.2) is 0 Å². The van der Waals surface area contributed by atoms with Gasteiger partial charge in [0.2, 0.25) is 5.91 Å². The average molecular weight is 284 g/mol. The molecule has 0 aliphatic carbocycles. The zero-order chi connectivity index (χ0) is 13.9. The van der Waals surface area contributed by atoms with Gasteiger partial charge in [-0.1, -0.05) is 37.8 Å². The predicted molar refractivity (Wildman–Crippen MR) is 78.7 cm³/mol. The molecular weight excluding hydrogens is 262 g/mol. The molecule has 1 rings (SSSR count). The van der Waals surface area contributed by atoms with Gasteiger partial charge in [-0.3, -0.25) is 4.79 Å². The number of benzene rings is 1. The van der Waals surface area contributed by atoms with Gasteiger partial charge in [0, 0.05) is 11.6 Å². The Morgan fingerprint density at radius 3 is 2.63 bits per heavy atom. The van der Waals surface area contributed by atoms with Crippen LogP contribution in [0.2, 0.25) is 5.02 Å². The Balaban J connectivity index is 2.05. The van der Waals surface area contributed by atoms with Gasteiger partial charge < -0.3 is 10.1 Å². The molecule has 1 aromatic rings. The highest BCUT2D eigenvalue weighted by atomic mass is 35.5. The van der Waals surface area contributed by atoms with E-state index in [0.717, 1.165) is 18.7 Å². The van der Waals surface area contributed by atoms with Gasteiger partial charge in [-0.25, -0.2) is 0 Å². The first-order valence-electron chi connectivity index (χ1n) is 6.87. The van der Waals surface area contributed by atoms with Crippen LogP contribution >= 0.6 is 11.6 Å². The van der Waals surface area contributed by atoms with Crippen LogP contribution in [0.1, 0.15) is 39.0 Å². The summed E-state index contributed by atoms with van der Waals surface area (Å²) in [4.78, 5) is 11.5. The van der Waals surface area contributed by atoms with E-state index in [-0.39, 0.29) is 5.91 Å². The minimum atomic E-state index is 0.0467. The van der Waals surface area contributed by atoms with Gasteiger partial charge in [0.25, 0.3) is 0 Å². The quantitative estimate of drug-likeness (QED) is 0.700. The van der Waals surface area contributed by atoms with Crippen molar-refractivity contribution in [3.8, 4) is 5.75 Å². The molecule has 0 heterocycles. The van der Waals surface area contributed by atoms with E-state index in [1.54, 1.807) is 24.3 Å². The molecule has 4 heteroatoms. The van der Waals surface area contributed by atoms with Crippen molar-refractivity contribution in [1.29, 1.82) is 0 Å². The standard InChI is InChI=1S/C15H22ClNO2/c1-2-3-4-5-11-17-15(18)10-12-19-14-8-6-13(16)7-9-14/h6-9H,2-5,10-12H2,1H3,(H,17,18). The maximum absolute atomic E-state index is 11.5. The van der Waals surface area contributed by atoms with Crippen molar-refractivity contribution in [2.45, 2.75) is 39.0 Å². The molecule has 0 bridgehead atoms. The second kappa shape index (κ2) is 9.68. The number of carbonyl (C=O) groups excluding carboxylic acids is 1. The molecule has 3 nitrogen and oxygen atoms in total. The van der Waals surface area contributed by atoms with Crippen molar-refractivity contribution in [2.75, 3.05) is 13.2 Å². The number of amides is 1. The van der Waals surface area contributed by atoms with Crippen LogP contribution in [0.5, 0.6) is 5.75 Å². The van der Waals surface area contributed by atoms with E-state index in [1.807, 2.05) is 0 Å². The Hall–Kier alpha value is -1.22. The van der Waals surface area contributed by atoms with Crippen LogP contribution < -0.4 is 10.1 Å². The van der Waals surface area contributed by atoms with E-state index in [0.29, 0.717) is 18.1 Å². The summed E-state index contributed by atoms with van der Waals surface area (Å²) in [7, 11) is 0. The Bertz CT molecular complexity index is 365. The molecule has 0 spiro atoms. The van der Waals surface area contributed by atoms with Gasteiger partial charge in [0.1, 0.15) is 5.75 Å². The van der Waals surface area contributed by atoms with Crippen LogP contribution in [-0.4, -0.2) is 19.1 Å². The normalized spacial score (nSPS) is 10.2. The van der Waals surface area contributed by atoms with Crippen LogP contribution in [-0.2, 0) is 4.79 Å². The van der Waals surface area contributed by atoms with E-state index in [4.69, 9.17) is 16.3 Å². The van der Waals surface area contributed by atoms with E-state index < -0.39 is 0 Å². The van der Waals surface area contributed by atoms with Crippen molar-refractivity contribution in [1.82, 2.24) is 5.32 Å². The summed E-state index contributed by atoms with van der Waals surface area (Å²) in [6, 6.07) is 7.13. The van der Waals surface area contributed by atoms with Crippen LogP contribution in [0.15, 0.2) is 24.3 Å². The molecule has 106 valence electrons. The lowest BCUT2D eigenvalue weighted by atomic mass is 10.2. The SMILES string of the molecule is CCCCCCNC(=O)CCOc1ccc(Cl)cc1. The maximum atomic E-state index is 11.5. The highest BCUT2D eigenvalue weighted by Crippen LogP contribution is 2.15. The summed E-state index contributed by atoms with van der Waals surface area (Å²) in [6.07, 6.45) is 5.06. The minimum absolute atomic E-state index is 0.0467.